The summed E-state index contributed by atoms with van der Waals surface area (Å²) in [4.78, 5) is 25.3. The van der Waals surface area contributed by atoms with Crippen molar-refractivity contribution in [1.29, 1.82) is 0 Å². The predicted octanol–water partition coefficient (Wildman–Crippen LogP) is 2.67. The monoisotopic (exact) mass is 267 g/mol. The van der Waals surface area contributed by atoms with Crippen LogP contribution in [0.5, 0.6) is 0 Å². The third-order valence-corrected chi connectivity index (χ3v) is 4.98. The van der Waals surface area contributed by atoms with Crippen LogP contribution in [0, 0.1) is 10.8 Å². The molecule has 4 nitrogen and oxygen atoms in total. The lowest BCUT2D eigenvalue weighted by Crippen LogP contribution is -2.37. The van der Waals surface area contributed by atoms with Gasteiger partial charge in [0, 0.05) is 19.5 Å². The molecular weight excluding hydrogens is 242 g/mol. The van der Waals surface area contributed by atoms with E-state index in [-0.39, 0.29) is 11.3 Å². The number of hydrogen-bond acceptors (Lipinski definition) is 2. The Balaban J connectivity index is 1.93. The summed E-state index contributed by atoms with van der Waals surface area (Å²) in [5, 5.41) is 9.21. The van der Waals surface area contributed by atoms with Crippen LogP contribution in [-0.2, 0) is 9.59 Å². The molecule has 1 saturated heterocycles. The number of carboxylic acids is 1. The summed E-state index contributed by atoms with van der Waals surface area (Å²) >= 11 is 0. The molecule has 2 aliphatic rings. The molecule has 2 rings (SSSR count). The van der Waals surface area contributed by atoms with Gasteiger partial charge in [-0.3, -0.25) is 9.59 Å². The zero-order valence-corrected chi connectivity index (χ0v) is 12.1. The van der Waals surface area contributed by atoms with Crippen molar-refractivity contribution in [3.05, 3.63) is 0 Å². The van der Waals surface area contributed by atoms with Gasteiger partial charge in [0.25, 0.3) is 0 Å². The molecule has 1 unspecified atom stereocenters. The Labute approximate surface area is 115 Å². The third-order valence-electron chi connectivity index (χ3n) is 4.98. The van der Waals surface area contributed by atoms with Crippen molar-refractivity contribution in [2.24, 2.45) is 10.8 Å². The Kier molecular flexibility index (Phi) is 3.88. The Bertz CT molecular complexity index is 374. The molecular formula is C15H25NO3. The van der Waals surface area contributed by atoms with Gasteiger partial charge in [0.15, 0.2) is 0 Å². The molecule has 1 N–H and O–H groups in total. The van der Waals surface area contributed by atoms with Crippen LogP contribution in [0.15, 0.2) is 0 Å². The van der Waals surface area contributed by atoms with Crippen LogP contribution >= 0.6 is 0 Å². The summed E-state index contributed by atoms with van der Waals surface area (Å²) in [6.07, 6.45) is 7.14. The van der Waals surface area contributed by atoms with Gasteiger partial charge in [-0.05, 0) is 31.6 Å². The number of aliphatic carboxylic acids is 1. The molecule has 1 saturated carbocycles. The largest absolute Gasteiger partial charge is 0.481 e. The summed E-state index contributed by atoms with van der Waals surface area (Å²) in [7, 11) is 0. The predicted molar refractivity (Wildman–Crippen MR) is 72.7 cm³/mol. The molecule has 19 heavy (non-hydrogen) atoms. The van der Waals surface area contributed by atoms with Crippen molar-refractivity contribution in [3.63, 3.8) is 0 Å². The molecule has 0 spiro atoms. The highest BCUT2D eigenvalue weighted by molar-refractivity contribution is 5.80. The first kappa shape index (κ1) is 14.4. The molecule has 0 radical (unpaired) electrons. The summed E-state index contributed by atoms with van der Waals surface area (Å²) in [6.45, 7) is 4.91. The van der Waals surface area contributed by atoms with E-state index in [2.05, 4.69) is 6.92 Å². The van der Waals surface area contributed by atoms with Crippen molar-refractivity contribution >= 4 is 11.9 Å². The molecule has 0 bridgehead atoms. The van der Waals surface area contributed by atoms with Crippen LogP contribution in [0.3, 0.4) is 0 Å². The standard InChI is InChI=1S/C15H25NO3/c1-14(6-4-3-5-7-14)10-12(17)16-9-8-15(2,11-16)13(18)19/h3-11H2,1-2H3,(H,18,19). The van der Waals surface area contributed by atoms with Crippen LogP contribution in [0.4, 0.5) is 0 Å². The number of likely N-dealkylation sites (tertiary alicyclic amines) is 1. The lowest BCUT2D eigenvalue weighted by atomic mass is 9.73. The summed E-state index contributed by atoms with van der Waals surface area (Å²) in [5.74, 6) is -0.638. The van der Waals surface area contributed by atoms with E-state index in [9.17, 15) is 14.7 Å². The van der Waals surface area contributed by atoms with Gasteiger partial charge < -0.3 is 10.0 Å². The molecule has 4 heteroatoms. The zero-order valence-electron chi connectivity index (χ0n) is 12.1. The first-order chi connectivity index (χ1) is 8.85. The van der Waals surface area contributed by atoms with Gasteiger partial charge in [0.1, 0.15) is 0 Å². The molecule has 108 valence electrons. The van der Waals surface area contributed by atoms with Gasteiger partial charge in [-0.1, -0.05) is 26.2 Å². The SMILES string of the molecule is CC1(CC(=O)N2CCC(C)(C(=O)O)C2)CCCCC1. The zero-order chi connectivity index (χ0) is 14.1. The highest BCUT2D eigenvalue weighted by Gasteiger charge is 2.43. The minimum absolute atomic E-state index is 0.136. The number of amides is 1. The van der Waals surface area contributed by atoms with Crippen LogP contribution in [0.1, 0.15) is 58.8 Å². The second-order valence-electron chi connectivity index (χ2n) is 6.98. The number of carboxylic acid groups (broad SMARTS) is 1. The highest BCUT2D eigenvalue weighted by atomic mass is 16.4. The lowest BCUT2D eigenvalue weighted by molar-refractivity contribution is -0.147. The second-order valence-corrected chi connectivity index (χ2v) is 6.98. The summed E-state index contributed by atoms with van der Waals surface area (Å²) in [6, 6.07) is 0. The number of carbonyl (C=O) groups is 2. The molecule has 1 aliphatic heterocycles. The Morgan fingerprint density at radius 3 is 2.26 bits per heavy atom. The first-order valence-corrected chi connectivity index (χ1v) is 7.36. The number of rotatable bonds is 3. The van der Waals surface area contributed by atoms with Crippen molar-refractivity contribution in [3.8, 4) is 0 Å². The topological polar surface area (TPSA) is 57.6 Å². The minimum atomic E-state index is -0.785. The van der Waals surface area contributed by atoms with Crippen molar-refractivity contribution in [2.75, 3.05) is 13.1 Å². The van der Waals surface area contributed by atoms with E-state index >= 15 is 0 Å². The Morgan fingerprint density at radius 1 is 1.11 bits per heavy atom. The van der Waals surface area contributed by atoms with Crippen LogP contribution in [0.2, 0.25) is 0 Å². The van der Waals surface area contributed by atoms with E-state index in [1.807, 2.05) is 0 Å². The Hall–Kier alpha value is -1.06. The van der Waals surface area contributed by atoms with Crippen molar-refractivity contribution < 1.29 is 14.7 Å². The quantitative estimate of drug-likeness (QED) is 0.855. The lowest BCUT2D eigenvalue weighted by Gasteiger charge is -2.34. The highest BCUT2D eigenvalue weighted by Crippen LogP contribution is 2.40. The van der Waals surface area contributed by atoms with E-state index in [4.69, 9.17) is 0 Å². The molecule has 2 fully saturated rings. The summed E-state index contributed by atoms with van der Waals surface area (Å²) in [5.41, 5.74) is -0.610. The fourth-order valence-corrected chi connectivity index (χ4v) is 3.41. The van der Waals surface area contributed by atoms with E-state index in [1.165, 1.54) is 19.3 Å². The smallest absolute Gasteiger partial charge is 0.311 e. The number of nitrogens with zero attached hydrogens (tertiary/aromatic N) is 1. The van der Waals surface area contributed by atoms with Crippen molar-refractivity contribution in [2.45, 2.75) is 58.8 Å². The van der Waals surface area contributed by atoms with Gasteiger partial charge in [-0.15, -0.1) is 0 Å². The van der Waals surface area contributed by atoms with E-state index in [0.717, 1.165) is 12.8 Å². The third kappa shape index (κ3) is 3.10. The van der Waals surface area contributed by atoms with Gasteiger partial charge >= 0.3 is 5.97 Å². The van der Waals surface area contributed by atoms with Gasteiger partial charge in [0.2, 0.25) is 5.91 Å². The van der Waals surface area contributed by atoms with Gasteiger partial charge in [-0.25, -0.2) is 0 Å². The molecule has 0 aromatic rings. The maximum Gasteiger partial charge on any atom is 0.311 e. The maximum absolute atomic E-state index is 12.4. The maximum atomic E-state index is 12.4. The van der Waals surface area contributed by atoms with Gasteiger partial charge in [0.05, 0.1) is 5.41 Å². The Morgan fingerprint density at radius 2 is 1.74 bits per heavy atom. The molecule has 0 aromatic carbocycles. The number of hydrogen-bond donors (Lipinski definition) is 1. The first-order valence-electron chi connectivity index (χ1n) is 7.36. The summed E-state index contributed by atoms with van der Waals surface area (Å²) < 4.78 is 0. The second kappa shape index (κ2) is 5.14. The van der Waals surface area contributed by atoms with Crippen LogP contribution < -0.4 is 0 Å². The van der Waals surface area contributed by atoms with Crippen LogP contribution in [0.25, 0.3) is 0 Å². The molecule has 1 amide bonds. The fraction of sp³-hybridized carbons (Fsp3) is 0.867. The van der Waals surface area contributed by atoms with E-state index < -0.39 is 11.4 Å². The van der Waals surface area contributed by atoms with Crippen molar-refractivity contribution in [1.82, 2.24) is 4.90 Å². The van der Waals surface area contributed by atoms with Gasteiger partial charge in [-0.2, -0.15) is 0 Å². The average molecular weight is 267 g/mol. The number of carbonyl (C=O) groups excluding carboxylic acids is 1. The normalized spacial score (nSPS) is 30.3. The van der Waals surface area contributed by atoms with Crippen LogP contribution in [-0.4, -0.2) is 35.0 Å². The molecule has 1 atom stereocenters. The average Bonchev–Trinajstić information content (AvgIpc) is 2.74. The van der Waals surface area contributed by atoms with E-state index in [0.29, 0.717) is 25.9 Å². The molecule has 1 aliphatic carbocycles. The van der Waals surface area contributed by atoms with E-state index in [1.54, 1.807) is 11.8 Å². The molecule has 1 heterocycles. The fourth-order valence-electron chi connectivity index (χ4n) is 3.41. The molecule has 0 aromatic heterocycles. The minimum Gasteiger partial charge on any atom is -0.481 e.